The number of benzene rings is 1. The van der Waals surface area contributed by atoms with E-state index in [1.165, 1.54) is 23.2 Å². The molecule has 1 amide bonds. The third kappa shape index (κ3) is 2.82. The second kappa shape index (κ2) is 5.96. The zero-order valence-corrected chi connectivity index (χ0v) is 13.3. The molecule has 1 aliphatic rings. The molecule has 1 aromatic heterocycles. The van der Waals surface area contributed by atoms with Gasteiger partial charge in [-0.2, -0.15) is 0 Å². The van der Waals surface area contributed by atoms with E-state index in [1.807, 2.05) is 24.3 Å². The highest BCUT2D eigenvalue weighted by molar-refractivity contribution is 5.99. The molecule has 2 N–H and O–H groups in total. The highest BCUT2D eigenvalue weighted by Gasteiger charge is 2.47. The fourth-order valence-electron chi connectivity index (χ4n) is 3.37. The number of fused-ring (bicyclic) bond motifs is 1. The number of pyridine rings is 1. The van der Waals surface area contributed by atoms with Crippen molar-refractivity contribution in [2.24, 2.45) is 5.41 Å². The molecule has 124 valence electrons. The van der Waals surface area contributed by atoms with Crippen LogP contribution in [0.15, 0.2) is 42.6 Å². The van der Waals surface area contributed by atoms with Crippen molar-refractivity contribution in [2.45, 2.75) is 19.3 Å². The molecule has 2 aromatic rings. The number of carbonyl (C=O) groups excluding carboxylic acids is 1. The highest BCUT2D eigenvalue weighted by atomic mass is 16.4. The topological polar surface area (TPSA) is 90.7 Å². The maximum atomic E-state index is 13.1. The zero-order valence-electron chi connectivity index (χ0n) is 13.3. The molecule has 0 saturated heterocycles. The number of carboxylic acid groups (broad SMARTS) is 1. The van der Waals surface area contributed by atoms with Crippen LogP contribution in [0.1, 0.15) is 17.5 Å². The first-order valence-corrected chi connectivity index (χ1v) is 7.63. The molecule has 0 fully saturated rings. The summed E-state index contributed by atoms with van der Waals surface area (Å²) in [6.07, 6.45) is 1.82. The summed E-state index contributed by atoms with van der Waals surface area (Å²) in [5, 5.41) is 18.7. The number of rotatable bonds is 4. The van der Waals surface area contributed by atoms with E-state index in [0.29, 0.717) is 18.7 Å². The van der Waals surface area contributed by atoms with Crippen molar-refractivity contribution in [3.63, 3.8) is 0 Å². The molecule has 0 saturated carbocycles. The van der Waals surface area contributed by atoms with Crippen molar-refractivity contribution in [3.05, 3.63) is 53.7 Å². The molecule has 1 aromatic carbocycles. The van der Waals surface area contributed by atoms with Crippen molar-refractivity contribution in [3.8, 4) is 5.75 Å². The predicted molar refractivity (Wildman–Crippen MR) is 87.8 cm³/mol. The normalized spacial score (nSPS) is 14.9. The van der Waals surface area contributed by atoms with Gasteiger partial charge in [-0.3, -0.25) is 14.5 Å². The first-order valence-electron chi connectivity index (χ1n) is 7.63. The van der Waals surface area contributed by atoms with Gasteiger partial charge in [-0.25, -0.2) is 4.98 Å². The monoisotopic (exact) mass is 326 g/mol. The van der Waals surface area contributed by atoms with E-state index in [2.05, 4.69) is 4.98 Å². The molecule has 3 rings (SSSR count). The minimum atomic E-state index is -1.01. The number of hydrogen-bond acceptors (Lipinski definition) is 4. The van der Waals surface area contributed by atoms with Gasteiger partial charge in [0.25, 0.3) is 0 Å². The number of carboxylic acids is 1. The van der Waals surface area contributed by atoms with Gasteiger partial charge in [-0.05, 0) is 36.1 Å². The molecule has 6 heteroatoms. The molecule has 0 atom stereocenters. The summed E-state index contributed by atoms with van der Waals surface area (Å²) in [4.78, 5) is 29.9. The smallest absolute Gasteiger partial charge is 0.304 e. The fraction of sp³-hybridized carbons (Fsp3) is 0.278. The number of anilines is 1. The Bertz CT molecular complexity index is 761. The van der Waals surface area contributed by atoms with Crippen LogP contribution < -0.4 is 4.90 Å². The van der Waals surface area contributed by atoms with Crippen LogP contribution in [0.5, 0.6) is 5.75 Å². The maximum Gasteiger partial charge on any atom is 0.304 e. The Balaban J connectivity index is 1.94. The standard InChI is InChI=1S/C18H18N2O4/c1-20(15-7-6-14(21)11-19-15)17(24)18(10-16(22)23)8-12-4-2-3-5-13(12)9-18/h2-7,11,21H,8-10H2,1H3,(H,22,23). The lowest BCUT2D eigenvalue weighted by Crippen LogP contribution is -2.44. The number of amides is 1. The van der Waals surface area contributed by atoms with Crippen LogP contribution in [-0.2, 0) is 22.4 Å². The van der Waals surface area contributed by atoms with Gasteiger partial charge in [0, 0.05) is 7.05 Å². The Kier molecular flexibility index (Phi) is 3.97. The van der Waals surface area contributed by atoms with Gasteiger partial charge in [0.15, 0.2) is 0 Å². The van der Waals surface area contributed by atoms with Crippen LogP contribution in [-0.4, -0.2) is 34.1 Å². The van der Waals surface area contributed by atoms with E-state index in [0.717, 1.165) is 11.1 Å². The summed E-state index contributed by atoms with van der Waals surface area (Å²) < 4.78 is 0. The third-order valence-corrected chi connectivity index (χ3v) is 4.50. The van der Waals surface area contributed by atoms with Gasteiger partial charge in [0.2, 0.25) is 5.91 Å². The quantitative estimate of drug-likeness (QED) is 0.897. The van der Waals surface area contributed by atoms with Crippen molar-refractivity contribution >= 4 is 17.7 Å². The van der Waals surface area contributed by atoms with Crippen LogP contribution in [0, 0.1) is 5.41 Å². The average Bonchev–Trinajstić information content (AvgIpc) is 2.92. The second-order valence-corrected chi connectivity index (χ2v) is 6.21. The minimum Gasteiger partial charge on any atom is -0.506 e. The van der Waals surface area contributed by atoms with Crippen LogP contribution in [0.25, 0.3) is 0 Å². The molecule has 0 spiro atoms. The van der Waals surface area contributed by atoms with Gasteiger partial charge >= 0.3 is 5.97 Å². The summed E-state index contributed by atoms with van der Waals surface area (Å²) in [7, 11) is 1.58. The zero-order chi connectivity index (χ0) is 17.3. The molecule has 1 aliphatic carbocycles. The largest absolute Gasteiger partial charge is 0.506 e. The Morgan fingerprint density at radius 3 is 2.29 bits per heavy atom. The first kappa shape index (κ1) is 16.0. The van der Waals surface area contributed by atoms with Crippen molar-refractivity contribution < 1.29 is 19.8 Å². The van der Waals surface area contributed by atoms with Gasteiger partial charge in [0.05, 0.1) is 18.0 Å². The first-order chi connectivity index (χ1) is 11.4. The molecule has 0 aliphatic heterocycles. The Morgan fingerprint density at radius 1 is 1.17 bits per heavy atom. The minimum absolute atomic E-state index is 0.00752. The SMILES string of the molecule is CN(C(=O)C1(CC(=O)O)Cc2ccccc2C1)c1ccc(O)cn1. The lowest BCUT2D eigenvalue weighted by molar-refractivity contribution is -0.144. The van der Waals surface area contributed by atoms with E-state index in [-0.39, 0.29) is 18.1 Å². The molecule has 0 unspecified atom stereocenters. The number of hydrogen-bond donors (Lipinski definition) is 2. The number of aromatic hydroxyl groups is 1. The summed E-state index contributed by atoms with van der Waals surface area (Å²) in [6, 6.07) is 10.6. The summed E-state index contributed by atoms with van der Waals surface area (Å²) in [5.41, 5.74) is 1.02. The summed E-state index contributed by atoms with van der Waals surface area (Å²) >= 11 is 0. The van der Waals surface area contributed by atoms with Gasteiger partial charge in [-0.15, -0.1) is 0 Å². The summed E-state index contributed by atoms with van der Waals surface area (Å²) in [5.74, 6) is -0.894. The number of aromatic nitrogens is 1. The van der Waals surface area contributed by atoms with Crippen LogP contribution in [0.2, 0.25) is 0 Å². The molecule has 1 heterocycles. The number of aliphatic carboxylic acids is 1. The van der Waals surface area contributed by atoms with E-state index in [4.69, 9.17) is 0 Å². The average molecular weight is 326 g/mol. The van der Waals surface area contributed by atoms with E-state index < -0.39 is 11.4 Å². The van der Waals surface area contributed by atoms with Crippen molar-refractivity contribution in [1.82, 2.24) is 4.98 Å². The van der Waals surface area contributed by atoms with E-state index >= 15 is 0 Å². The Hall–Kier alpha value is -2.89. The predicted octanol–water partition coefficient (Wildman–Crippen LogP) is 2.01. The molecule has 24 heavy (non-hydrogen) atoms. The number of carbonyl (C=O) groups is 2. The van der Waals surface area contributed by atoms with Gasteiger partial charge in [-0.1, -0.05) is 24.3 Å². The van der Waals surface area contributed by atoms with Crippen molar-refractivity contribution in [1.29, 1.82) is 0 Å². The third-order valence-electron chi connectivity index (χ3n) is 4.50. The highest BCUT2D eigenvalue weighted by Crippen LogP contribution is 2.41. The van der Waals surface area contributed by atoms with E-state index in [9.17, 15) is 19.8 Å². The van der Waals surface area contributed by atoms with E-state index in [1.54, 1.807) is 7.05 Å². The lowest BCUT2D eigenvalue weighted by atomic mass is 9.80. The summed E-state index contributed by atoms with van der Waals surface area (Å²) in [6.45, 7) is 0. The maximum absolute atomic E-state index is 13.1. The molecule has 0 radical (unpaired) electrons. The number of nitrogens with zero attached hydrogens (tertiary/aromatic N) is 2. The molecule has 6 nitrogen and oxygen atoms in total. The molecular weight excluding hydrogens is 308 g/mol. The van der Waals surface area contributed by atoms with Crippen LogP contribution in [0.3, 0.4) is 0 Å². The second-order valence-electron chi connectivity index (χ2n) is 6.21. The van der Waals surface area contributed by atoms with Gasteiger partial charge in [0.1, 0.15) is 11.6 Å². The Labute approximate surface area is 139 Å². The fourth-order valence-corrected chi connectivity index (χ4v) is 3.37. The van der Waals surface area contributed by atoms with Crippen LogP contribution >= 0.6 is 0 Å². The molecular formula is C18H18N2O4. The van der Waals surface area contributed by atoms with Crippen molar-refractivity contribution in [2.75, 3.05) is 11.9 Å². The molecule has 0 bridgehead atoms. The van der Waals surface area contributed by atoms with Crippen LogP contribution in [0.4, 0.5) is 5.82 Å². The van der Waals surface area contributed by atoms with Gasteiger partial charge < -0.3 is 10.2 Å². The lowest BCUT2D eigenvalue weighted by Gasteiger charge is -2.30. The Morgan fingerprint density at radius 2 is 1.79 bits per heavy atom.